The molecule has 1 saturated carbocycles. The van der Waals surface area contributed by atoms with E-state index in [4.69, 9.17) is 17.0 Å². The second-order valence-corrected chi connectivity index (χ2v) is 7.91. The molecule has 26 heavy (non-hydrogen) atoms. The quantitative estimate of drug-likeness (QED) is 0.541. The van der Waals surface area contributed by atoms with Gasteiger partial charge in [-0.25, -0.2) is 0 Å². The third-order valence-electron chi connectivity index (χ3n) is 4.89. The van der Waals surface area contributed by atoms with Gasteiger partial charge in [-0.1, -0.05) is 45.7 Å². The number of benzene rings is 1. The van der Waals surface area contributed by atoms with Crippen molar-refractivity contribution in [1.82, 2.24) is 16.2 Å². The van der Waals surface area contributed by atoms with E-state index in [1.807, 2.05) is 13.0 Å². The van der Waals surface area contributed by atoms with E-state index >= 15 is 0 Å². The highest BCUT2D eigenvalue weighted by atomic mass is 32.1. The Kier molecular flexibility index (Phi) is 7.69. The Labute approximate surface area is 162 Å². The number of hydrazine groups is 1. The number of hydrogen-bond acceptors (Lipinski definition) is 3. The van der Waals surface area contributed by atoms with Gasteiger partial charge in [-0.15, -0.1) is 0 Å². The first kappa shape index (κ1) is 20.5. The lowest BCUT2D eigenvalue weighted by Crippen LogP contribution is -2.52. The monoisotopic (exact) mass is 377 g/mol. The van der Waals surface area contributed by atoms with Crippen molar-refractivity contribution in [1.29, 1.82) is 0 Å². The molecule has 6 heteroatoms. The predicted octanol–water partition coefficient (Wildman–Crippen LogP) is 3.57. The van der Waals surface area contributed by atoms with Crippen LogP contribution in [-0.2, 0) is 4.79 Å². The Morgan fingerprint density at radius 2 is 2.00 bits per heavy atom. The van der Waals surface area contributed by atoms with Crippen LogP contribution in [-0.4, -0.2) is 23.7 Å². The molecule has 0 heterocycles. The number of carbonyl (C=O) groups is 1. The van der Waals surface area contributed by atoms with Gasteiger partial charge in [0, 0.05) is 6.04 Å². The van der Waals surface area contributed by atoms with Gasteiger partial charge in [-0.2, -0.15) is 0 Å². The summed E-state index contributed by atoms with van der Waals surface area (Å²) >= 11 is 5.28. The molecule has 0 unspecified atom stereocenters. The molecule has 0 bridgehead atoms. The lowest BCUT2D eigenvalue weighted by atomic mass is 9.86. The third kappa shape index (κ3) is 6.16. The Balaban J connectivity index is 1.77. The van der Waals surface area contributed by atoms with Gasteiger partial charge in [-0.05, 0) is 61.0 Å². The highest BCUT2D eigenvalue weighted by Gasteiger charge is 2.21. The predicted molar refractivity (Wildman–Crippen MR) is 109 cm³/mol. The lowest BCUT2D eigenvalue weighted by molar-refractivity contribution is -0.123. The van der Waals surface area contributed by atoms with E-state index in [2.05, 4.69) is 49.1 Å². The number of aryl methyl sites for hydroxylation is 1. The van der Waals surface area contributed by atoms with Crippen LogP contribution in [0.15, 0.2) is 18.2 Å². The van der Waals surface area contributed by atoms with Gasteiger partial charge >= 0.3 is 0 Å². The Bertz CT molecular complexity index is 633. The minimum absolute atomic E-state index is 0.0569. The van der Waals surface area contributed by atoms with Gasteiger partial charge in [0.05, 0.1) is 0 Å². The molecule has 2 rings (SSSR count). The fraction of sp³-hybridized carbons (Fsp3) is 0.600. The first-order chi connectivity index (χ1) is 12.4. The number of hydrogen-bond donors (Lipinski definition) is 3. The molecule has 0 radical (unpaired) electrons. The van der Waals surface area contributed by atoms with Crippen LogP contribution in [0.25, 0.3) is 0 Å². The molecule has 5 nitrogen and oxygen atoms in total. The van der Waals surface area contributed by atoms with Crippen molar-refractivity contribution in [2.75, 3.05) is 6.61 Å². The van der Waals surface area contributed by atoms with Crippen molar-refractivity contribution in [3.8, 4) is 5.75 Å². The number of rotatable bonds is 5. The third-order valence-corrected chi connectivity index (χ3v) is 5.11. The molecule has 0 saturated heterocycles. The van der Waals surface area contributed by atoms with Gasteiger partial charge in [0.15, 0.2) is 11.7 Å². The zero-order valence-electron chi connectivity index (χ0n) is 16.2. The van der Waals surface area contributed by atoms with Gasteiger partial charge in [0.25, 0.3) is 5.91 Å². The van der Waals surface area contributed by atoms with Gasteiger partial charge < -0.3 is 10.1 Å². The van der Waals surface area contributed by atoms with Gasteiger partial charge in [0.1, 0.15) is 5.75 Å². The van der Waals surface area contributed by atoms with Crippen molar-refractivity contribution in [2.24, 2.45) is 5.92 Å². The van der Waals surface area contributed by atoms with Gasteiger partial charge in [-0.3, -0.25) is 15.6 Å². The van der Waals surface area contributed by atoms with E-state index in [1.54, 1.807) is 0 Å². The van der Waals surface area contributed by atoms with Crippen molar-refractivity contribution in [2.45, 2.75) is 65.3 Å². The standard InChI is InChI=1S/C20H31N3O2S/c1-13(2)16-10-9-14(3)11-18(16)25-12-19(24)22-23-20(26)21-17-8-6-5-7-15(17)4/h9-11,13,15,17H,5-8,12H2,1-4H3,(H,22,24)(H2,21,23,26)/t15-,17-/m1/s1. The molecule has 1 aromatic carbocycles. The second-order valence-electron chi connectivity index (χ2n) is 7.50. The maximum atomic E-state index is 12.1. The first-order valence-corrected chi connectivity index (χ1v) is 9.86. The van der Waals surface area contributed by atoms with Crippen LogP contribution < -0.4 is 20.9 Å². The summed E-state index contributed by atoms with van der Waals surface area (Å²) < 4.78 is 5.72. The highest BCUT2D eigenvalue weighted by molar-refractivity contribution is 7.80. The van der Waals surface area contributed by atoms with Crippen LogP contribution in [0.5, 0.6) is 5.75 Å². The normalized spacial score (nSPS) is 19.7. The van der Waals surface area contributed by atoms with Crippen LogP contribution in [0.2, 0.25) is 0 Å². The summed E-state index contributed by atoms with van der Waals surface area (Å²) in [5.41, 5.74) is 7.58. The molecular formula is C20H31N3O2S. The lowest BCUT2D eigenvalue weighted by Gasteiger charge is -2.30. The van der Waals surface area contributed by atoms with Crippen molar-refractivity contribution < 1.29 is 9.53 Å². The number of thiocarbonyl (C=S) groups is 1. The van der Waals surface area contributed by atoms with Crippen LogP contribution in [0.4, 0.5) is 0 Å². The summed E-state index contributed by atoms with van der Waals surface area (Å²) in [5, 5.41) is 3.75. The molecule has 1 amide bonds. The molecule has 1 aliphatic carbocycles. The van der Waals surface area contributed by atoms with Crippen LogP contribution in [0.3, 0.4) is 0 Å². The maximum Gasteiger partial charge on any atom is 0.276 e. The molecule has 0 aliphatic heterocycles. The highest BCUT2D eigenvalue weighted by Crippen LogP contribution is 2.27. The molecule has 1 fully saturated rings. The summed E-state index contributed by atoms with van der Waals surface area (Å²) in [6, 6.07) is 6.45. The van der Waals surface area contributed by atoms with Crippen molar-refractivity contribution in [3.63, 3.8) is 0 Å². The van der Waals surface area contributed by atoms with Crippen molar-refractivity contribution in [3.05, 3.63) is 29.3 Å². The number of nitrogens with one attached hydrogen (secondary N) is 3. The molecule has 0 spiro atoms. The van der Waals surface area contributed by atoms with E-state index < -0.39 is 0 Å². The van der Waals surface area contributed by atoms with Gasteiger partial charge in [0.2, 0.25) is 0 Å². The van der Waals surface area contributed by atoms with E-state index in [-0.39, 0.29) is 12.5 Å². The summed E-state index contributed by atoms with van der Waals surface area (Å²) in [6.45, 7) is 8.40. The smallest absolute Gasteiger partial charge is 0.276 e. The van der Waals surface area contributed by atoms with E-state index in [1.165, 1.54) is 19.3 Å². The Hall–Kier alpha value is -1.82. The number of carbonyl (C=O) groups excluding carboxylic acids is 1. The zero-order valence-corrected chi connectivity index (χ0v) is 17.0. The average Bonchev–Trinajstić information content (AvgIpc) is 2.60. The fourth-order valence-corrected chi connectivity index (χ4v) is 3.49. The van der Waals surface area contributed by atoms with E-state index in [0.717, 1.165) is 23.3 Å². The Morgan fingerprint density at radius 1 is 1.27 bits per heavy atom. The molecule has 3 N–H and O–H groups in total. The summed E-state index contributed by atoms with van der Waals surface area (Å²) in [5.74, 6) is 1.42. The first-order valence-electron chi connectivity index (χ1n) is 9.45. The minimum atomic E-state index is -0.262. The van der Waals surface area contributed by atoms with Crippen molar-refractivity contribution >= 4 is 23.2 Å². The van der Waals surface area contributed by atoms with Crippen LogP contribution >= 0.6 is 12.2 Å². The summed E-state index contributed by atoms with van der Waals surface area (Å²) in [4.78, 5) is 12.1. The SMILES string of the molecule is Cc1ccc(C(C)C)c(OCC(=O)NNC(=S)N[C@@H]2CCCC[C@H]2C)c1. The minimum Gasteiger partial charge on any atom is -0.483 e. The second kappa shape index (κ2) is 9.76. The molecule has 1 aliphatic rings. The van der Waals surface area contributed by atoms with E-state index in [9.17, 15) is 4.79 Å². The Morgan fingerprint density at radius 3 is 2.69 bits per heavy atom. The summed E-state index contributed by atoms with van der Waals surface area (Å²) in [6.07, 6.45) is 4.84. The van der Waals surface area contributed by atoms with Crippen LogP contribution in [0, 0.1) is 12.8 Å². The van der Waals surface area contributed by atoms with E-state index in [0.29, 0.717) is 23.0 Å². The number of amides is 1. The molecule has 2 atom stereocenters. The zero-order chi connectivity index (χ0) is 19.1. The molecule has 144 valence electrons. The van der Waals surface area contributed by atoms with Crippen LogP contribution in [0.1, 0.15) is 63.5 Å². The molecule has 1 aromatic rings. The fourth-order valence-electron chi connectivity index (χ4n) is 3.28. The average molecular weight is 378 g/mol. The molecular weight excluding hydrogens is 346 g/mol. The summed E-state index contributed by atoms with van der Waals surface area (Å²) in [7, 11) is 0. The maximum absolute atomic E-state index is 12.1. The largest absolute Gasteiger partial charge is 0.483 e. The molecule has 0 aromatic heterocycles. The number of ether oxygens (including phenoxy) is 1. The topological polar surface area (TPSA) is 62.4 Å².